The first-order valence-electron chi connectivity index (χ1n) is 12.4. The Morgan fingerprint density at radius 2 is 1.85 bits per heavy atom. The lowest BCUT2D eigenvalue weighted by atomic mass is 9.95. The van der Waals surface area contributed by atoms with Gasteiger partial charge < -0.3 is 14.3 Å². The number of nitrogens with zero attached hydrogens (tertiary/aromatic N) is 2. The number of rotatable bonds is 6. The summed E-state index contributed by atoms with van der Waals surface area (Å²) >= 11 is 1.21. The Kier molecular flexibility index (Phi) is 6.93. The van der Waals surface area contributed by atoms with Gasteiger partial charge in [0.2, 0.25) is 0 Å². The predicted octanol–water partition coefficient (Wildman–Crippen LogP) is 4.37. The number of carboxylic acids is 1. The van der Waals surface area contributed by atoms with Crippen molar-refractivity contribution in [1.29, 1.82) is 0 Å². The number of aryl methyl sites for hydroxylation is 1. The summed E-state index contributed by atoms with van der Waals surface area (Å²) in [5.41, 5.74) is 3.80. The maximum atomic E-state index is 13.8. The van der Waals surface area contributed by atoms with Gasteiger partial charge >= 0.3 is 11.9 Å². The topological polar surface area (TPSA) is 111 Å². The van der Waals surface area contributed by atoms with E-state index >= 15 is 0 Å². The fraction of sp³-hybridized carbons (Fsp3) is 0.200. The molecule has 0 fully saturated rings. The number of hydrogen-bond acceptors (Lipinski definition) is 7. The normalized spacial score (nSPS) is 15.2. The molecule has 3 heterocycles. The van der Waals surface area contributed by atoms with Crippen molar-refractivity contribution in [3.63, 3.8) is 0 Å². The number of carbonyl (C=O) groups excluding carboxylic acids is 1. The third kappa shape index (κ3) is 4.77. The lowest BCUT2D eigenvalue weighted by Gasteiger charge is -2.24. The first-order valence-corrected chi connectivity index (χ1v) is 13.2. The number of furan rings is 1. The number of hydrogen-bond donors (Lipinski definition) is 1. The number of carboxylic acid groups (broad SMARTS) is 1. The second-order valence-electron chi connectivity index (χ2n) is 9.20. The van der Waals surface area contributed by atoms with Gasteiger partial charge in [-0.1, -0.05) is 53.3 Å². The smallest absolute Gasteiger partial charge is 0.338 e. The van der Waals surface area contributed by atoms with Crippen molar-refractivity contribution >= 4 is 29.4 Å². The molecule has 0 bridgehead atoms. The minimum absolute atomic E-state index is 0.197. The molecule has 0 unspecified atom stereocenters. The van der Waals surface area contributed by atoms with E-state index in [1.54, 1.807) is 57.2 Å². The quantitative estimate of drug-likeness (QED) is 0.362. The molecular formula is C30H26N2O6S. The molecule has 39 heavy (non-hydrogen) atoms. The summed E-state index contributed by atoms with van der Waals surface area (Å²) in [5, 5.41) is 9.45. The number of benzene rings is 2. The average molecular weight is 543 g/mol. The van der Waals surface area contributed by atoms with Crippen LogP contribution in [-0.4, -0.2) is 28.2 Å². The number of esters is 1. The van der Waals surface area contributed by atoms with E-state index in [1.165, 1.54) is 15.9 Å². The van der Waals surface area contributed by atoms with Crippen LogP contribution in [0.5, 0.6) is 0 Å². The lowest BCUT2D eigenvalue weighted by molar-refractivity contribution is -0.139. The van der Waals surface area contributed by atoms with Crippen LogP contribution in [0.3, 0.4) is 0 Å². The number of allylic oxidation sites excluding steroid dienone is 1. The van der Waals surface area contributed by atoms with Crippen molar-refractivity contribution < 1.29 is 23.8 Å². The lowest BCUT2D eigenvalue weighted by Crippen LogP contribution is -2.39. The van der Waals surface area contributed by atoms with Crippen molar-refractivity contribution in [2.45, 2.75) is 33.7 Å². The molecule has 0 saturated heterocycles. The van der Waals surface area contributed by atoms with Crippen LogP contribution in [0.25, 0.3) is 17.4 Å². The summed E-state index contributed by atoms with van der Waals surface area (Å²) in [6.07, 6.45) is 1.64. The summed E-state index contributed by atoms with van der Waals surface area (Å²) in [6, 6.07) is 15.5. The van der Waals surface area contributed by atoms with E-state index in [1.807, 2.05) is 31.2 Å². The van der Waals surface area contributed by atoms with Crippen LogP contribution in [0.2, 0.25) is 0 Å². The Labute approximate surface area is 227 Å². The summed E-state index contributed by atoms with van der Waals surface area (Å²) in [7, 11) is 0. The monoisotopic (exact) mass is 542 g/mol. The van der Waals surface area contributed by atoms with Crippen molar-refractivity contribution in [1.82, 2.24) is 4.57 Å². The summed E-state index contributed by atoms with van der Waals surface area (Å²) in [5.74, 6) is -0.590. The highest BCUT2D eigenvalue weighted by atomic mass is 32.1. The van der Waals surface area contributed by atoms with Gasteiger partial charge in [-0.05, 0) is 57.0 Å². The highest BCUT2D eigenvalue weighted by Gasteiger charge is 2.33. The SMILES string of the molecule is CCOC(=O)C1=C(C)N=c2s/c(=C/c3ccc(-c4cccc(C(=O)O)c4C)o3)c(=O)n2[C@H]1c1ccc(C)cc1. The number of aromatic nitrogens is 1. The maximum Gasteiger partial charge on any atom is 0.338 e. The summed E-state index contributed by atoms with van der Waals surface area (Å²) < 4.78 is 13.3. The van der Waals surface area contributed by atoms with Crippen LogP contribution < -0.4 is 14.9 Å². The predicted molar refractivity (Wildman–Crippen MR) is 147 cm³/mol. The molecule has 0 radical (unpaired) electrons. The zero-order chi connectivity index (χ0) is 27.8. The first kappa shape index (κ1) is 26.1. The van der Waals surface area contributed by atoms with Crippen molar-refractivity contribution in [3.8, 4) is 11.3 Å². The van der Waals surface area contributed by atoms with Gasteiger partial charge in [0.15, 0.2) is 4.80 Å². The van der Waals surface area contributed by atoms with Gasteiger partial charge in [0.1, 0.15) is 11.5 Å². The van der Waals surface area contributed by atoms with Gasteiger partial charge in [-0.25, -0.2) is 14.6 Å². The van der Waals surface area contributed by atoms with E-state index in [4.69, 9.17) is 9.15 Å². The standard InChI is InChI=1S/C30H26N2O6S/c1-5-37-29(36)25-18(4)31-30-32(26(25)19-11-9-16(2)10-12-19)27(33)24(39-30)15-20-13-14-23(38-20)21-7-6-8-22(17(21)3)28(34)35/h6-15,26H,5H2,1-4H3,(H,34,35)/b24-15+/t26-/m0/s1. The Morgan fingerprint density at radius 1 is 1.10 bits per heavy atom. The Hall–Kier alpha value is -4.50. The minimum Gasteiger partial charge on any atom is -0.478 e. The van der Waals surface area contributed by atoms with E-state index in [0.29, 0.717) is 43.3 Å². The van der Waals surface area contributed by atoms with Crippen LogP contribution in [0.4, 0.5) is 0 Å². The highest BCUT2D eigenvalue weighted by molar-refractivity contribution is 7.07. The van der Waals surface area contributed by atoms with Crippen LogP contribution in [-0.2, 0) is 9.53 Å². The molecule has 0 spiro atoms. The van der Waals surface area contributed by atoms with Crippen LogP contribution in [0.15, 0.2) is 80.1 Å². The van der Waals surface area contributed by atoms with E-state index in [9.17, 15) is 19.5 Å². The van der Waals surface area contributed by atoms with Crippen molar-refractivity contribution in [2.75, 3.05) is 6.61 Å². The second kappa shape index (κ2) is 10.3. The molecule has 9 heteroatoms. The van der Waals surface area contributed by atoms with E-state index in [2.05, 4.69) is 4.99 Å². The molecule has 0 aliphatic carbocycles. The molecule has 2 aromatic carbocycles. The Bertz CT molecular complexity index is 1820. The molecule has 2 aromatic heterocycles. The van der Waals surface area contributed by atoms with Crippen molar-refractivity contribution in [3.05, 3.63) is 114 Å². The highest BCUT2D eigenvalue weighted by Crippen LogP contribution is 2.31. The second-order valence-corrected chi connectivity index (χ2v) is 10.2. The zero-order valence-electron chi connectivity index (χ0n) is 21.8. The van der Waals surface area contributed by atoms with Gasteiger partial charge in [-0.3, -0.25) is 9.36 Å². The van der Waals surface area contributed by atoms with Crippen LogP contribution in [0.1, 0.15) is 52.7 Å². The maximum absolute atomic E-state index is 13.8. The average Bonchev–Trinajstić information content (AvgIpc) is 3.48. The third-order valence-corrected chi connectivity index (χ3v) is 7.62. The Morgan fingerprint density at radius 3 is 2.54 bits per heavy atom. The van der Waals surface area contributed by atoms with Crippen LogP contribution in [0, 0.1) is 13.8 Å². The number of aromatic carboxylic acids is 1. The molecule has 0 amide bonds. The van der Waals surface area contributed by atoms with Crippen molar-refractivity contribution in [2.24, 2.45) is 4.99 Å². The van der Waals surface area contributed by atoms with Gasteiger partial charge in [0, 0.05) is 11.6 Å². The van der Waals surface area contributed by atoms with E-state index < -0.39 is 18.0 Å². The van der Waals surface area contributed by atoms with Crippen LogP contribution >= 0.6 is 11.3 Å². The molecule has 1 aliphatic rings. The zero-order valence-corrected chi connectivity index (χ0v) is 22.7. The molecule has 8 nitrogen and oxygen atoms in total. The summed E-state index contributed by atoms with van der Waals surface area (Å²) in [6.45, 7) is 7.39. The number of ether oxygens (including phenoxy) is 1. The molecule has 5 rings (SSSR count). The molecule has 1 aliphatic heterocycles. The van der Waals surface area contributed by atoms with Gasteiger partial charge in [-0.2, -0.15) is 0 Å². The molecule has 1 N–H and O–H groups in total. The fourth-order valence-electron chi connectivity index (χ4n) is 4.69. The summed E-state index contributed by atoms with van der Waals surface area (Å²) in [4.78, 5) is 43.4. The Balaban J connectivity index is 1.63. The largest absolute Gasteiger partial charge is 0.478 e. The molecular weight excluding hydrogens is 516 g/mol. The molecule has 198 valence electrons. The van der Waals surface area contributed by atoms with E-state index in [0.717, 1.165) is 11.1 Å². The van der Waals surface area contributed by atoms with Gasteiger partial charge in [0.25, 0.3) is 5.56 Å². The minimum atomic E-state index is -1.01. The number of thiazole rings is 1. The molecule has 0 saturated carbocycles. The van der Waals surface area contributed by atoms with Gasteiger partial charge in [0.05, 0.1) is 34.0 Å². The number of carbonyl (C=O) groups is 2. The fourth-order valence-corrected chi connectivity index (χ4v) is 5.72. The number of fused-ring (bicyclic) bond motifs is 1. The third-order valence-electron chi connectivity index (χ3n) is 6.64. The molecule has 4 aromatic rings. The van der Waals surface area contributed by atoms with Gasteiger partial charge in [-0.15, -0.1) is 0 Å². The molecule has 1 atom stereocenters. The first-order chi connectivity index (χ1) is 18.7. The van der Waals surface area contributed by atoms with E-state index in [-0.39, 0.29) is 17.7 Å².